The number of rotatable bonds is 9. The standard InChI is InChI=1S/C14H30N2O/c1-4-17-13-6-5-9-15-10-12-16-11-7-8-14(16,2)3/h15H,4-13H2,1-3H3. The fraction of sp³-hybridized carbons (Fsp3) is 1.00. The van der Waals surface area contributed by atoms with Gasteiger partial charge >= 0.3 is 0 Å². The number of likely N-dealkylation sites (tertiary alicyclic amines) is 1. The third kappa shape index (κ3) is 5.84. The summed E-state index contributed by atoms with van der Waals surface area (Å²) >= 11 is 0. The third-order valence-corrected chi connectivity index (χ3v) is 3.73. The van der Waals surface area contributed by atoms with Gasteiger partial charge in [-0.25, -0.2) is 0 Å². The predicted molar refractivity (Wildman–Crippen MR) is 73.5 cm³/mol. The maximum atomic E-state index is 5.31. The molecule has 0 spiro atoms. The molecule has 0 radical (unpaired) electrons. The van der Waals surface area contributed by atoms with E-state index in [0.717, 1.165) is 26.3 Å². The largest absolute Gasteiger partial charge is 0.382 e. The van der Waals surface area contributed by atoms with Crippen LogP contribution in [0.1, 0.15) is 46.5 Å². The van der Waals surface area contributed by atoms with Gasteiger partial charge in [-0.1, -0.05) is 0 Å². The molecule has 102 valence electrons. The van der Waals surface area contributed by atoms with Gasteiger partial charge in [0.1, 0.15) is 0 Å². The second-order valence-corrected chi connectivity index (χ2v) is 5.56. The lowest BCUT2D eigenvalue weighted by molar-refractivity contribution is 0.143. The molecular formula is C14H30N2O. The molecule has 0 atom stereocenters. The smallest absolute Gasteiger partial charge is 0.0466 e. The van der Waals surface area contributed by atoms with Gasteiger partial charge in [0.05, 0.1) is 0 Å². The second-order valence-electron chi connectivity index (χ2n) is 5.56. The van der Waals surface area contributed by atoms with Crippen LogP contribution in [0.5, 0.6) is 0 Å². The van der Waals surface area contributed by atoms with Gasteiger partial charge in [-0.05, 0) is 59.5 Å². The monoisotopic (exact) mass is 242 g/mol. The van der Waals surface area contributed by atoms with Gasteiger partial charge in [0, 0.05) is 31.8 Å². The molecule has 0 aromatic carbocycles. The molecular weight excluding hydrogens is 212 g/mol. The number of nitrogens with zero attached hydrogens (tertiary/aromatic N) is 1. The number of hydrogen-bond acceptors (Lipinski definition) is 3. The molecule has 1 aliphatic heterocycles. The minimum Gasteiger partial charge on any atom is -0.382 e. The summed E-state index contributed by atoms with van der Waals surface area (Å²) in [5, 5.41) is 3.53. The SMILES string of the molecule is CCOCCCCNCCN1CCCC1(C)C. The van der Waals surface area contributed by atoms with Crippen LogP contribution in [0.3, 0.4) is 0 Å². The Kier molecular flexibility index (Phi) is 7.09. The summed E-state index contributed by atoms with van der Waals surface area (Å²) in [4.78, 5) is 2.61. The van der Waals surface area contributed by atoms with Crippen LogP contribution in [0, 0.1) is 0 Å². The van der Waals surface area contributed by atoms with E-state index >= 15 is 0 Å². The first-order chi connectivity index (χ1) is 8.17. The van der Waals surface area contributed by atoms with Crippen LogP contribution in [0.25, 0.3) is 0 Å². The summed E-state index contributed by atoms with van der Waals surface area (Å²) in [5.41, 5.74) is 0.427. The van der Waals surface area contributed by atoms with E-state index in [9.17, 15) is 0 Å². The minimum atomic E-state index is 0.427. The van der Waals surface area contributed by atoms with E-state index < -0.39 is 0 Å². The van der Waals surface area contributed by atoms with Crippen LogP contribution in [-0.4, -0.2) is 49.8 Å². The minimum absolute atomic E-state index is 0.427. The Labute approximate surface area is 107 Å². The molecule has 0 aromatic rings. The highest BCUT2D eigenvalue weighted by Gasteiger charge is 2.30. The van der Waals surface area contributed by atoms with Crippen molar-refractivity contribution in [2.45, 2.75) is 52.0 Å². The van der Waals surface area contributed by atoms with Gasteiger partial charge in [0.2, 0.25) is 0 Å². The molecule has 0 aromatic heterocycles. The summed E-state index contributed by atoms with van der Waals surface area (Å²) in [6, 6.07) is 0. The van der Waals surface area contributed by atoms with Crippen LogP contribution < -0.4 is 5.32 Å². The average molecular weight is 242 g/mol. The van der Waals surface area contributed by atoms with Gasteiger partial charge in [-0.2, -0.15) is 0 Å². The quantitative estimate of drug-likeness (QED) is 0.628. The fourth-order valence-electron chi connectivity index (χ4n) is 2.52. The van der Waals surface area contributed by atoms with Crippen LogP contribution in [0.15, 0.2) is 0 Å². The Bertz CT molecular complexity index is 195. The summed E-state index contributed by atoms with van der Waals surface area (Å²) in [5.74, 6) is 0. The van der Waals surface area contributed by atoms with Crippen LogP contribution in [0.4, 0.5) is 0 Å². The van der Waals surface area contributed by atoms with Crippen molar-refractivity contribution in [1.29, 1.82) is 0 Å². The maximum absolute atomic E-state index is 5.31. The van der Waals surface area contributed by atoms with Gasteiger partial charge in [0.15, 0.2) is 0 Å². The van der Waals surface area contributed by atoms with Crippen molar-refractivity contribution in [3.8, 4) is 0 Å². The molecule has 1 aliphatic rings. The molecule has 1 fully saturated rings. The van der Waals surface area contributed by atoms with Crippen LogP contribution >= 0.6 is 0 Å². The van der Waals surface area contributed by atoms with Crippen molar-refractivity contribution in [3.63, 3.8) is 0 Å². The number of nitrogens with one attached hydrogen (secondary N) is 1. The maximum Gasteiger partial charge on any atom is 0.0466 e. The van der Waals surface area contributed by atoms with Crippen LogP contribution in [-0.2, 0) is 4.74 Å². The van der Waals surface area contributed by atoms with E-state index in [2.05, 4.69) is 31.0 Å². The van der Waals surface area contributed by atoms with Gasteiger partial charge < -0.3 is 10.1 Å². The van der Waals surface area contributed by atoms with Crippen molar-refractivity contribution in [2.24, 2.45) is 0 Å². The van der Waals surface area contributed by atoms with Gasteiger partial charge in [0.25, 0.3) is 0 Å². The number of hydrogen-bond donors (Lipinski definition) is 1. The van der Waals surface area contributed by atoms with Crippen molar-refractivity contribution >= 4 is 0 Å². The Balaban J connectivity index is 1.90. The lowest BCUT2D eigenvalue weighted by Gasteiger charge is -2.31. The van der Waals surface area contributed by atoms with E-state index in [1.165, 1.54) is 38.8 Å². The topological polar surface area (TPSA) is 24.5 Å². The third-order valence-electron chi connectivity index (χ3n) is 3.73. The molecule has 0 aliphatic carbocycles. The summed E-state index contributed by atoms with van der Waals surface area (Å²) in [6.07, 6.45) is 5.11. The molecule has 3 nitrogen and oxygen atoms in total. The van der Waals surface area contributed by atoms with Gasteiger partial charge in [-0.3, -0.25) is 4.90 Å². The number of unbranched alkanes of at least 4 members (excludes halogenated alkanes) is 1. The highest BCUT2D eigenvalue weighted by molar-refractivity contribution is 4.87. The van der Waals surface area contributed by atoms with Crippen LogP contribution in [0.2, 0.25) is 0 Å². The predicted octanol–water partition coefficient (Wildman–Crippen LogP) is 2.27. The van der Waals surface area contributed by atoms with E-state index in [-0.39, 0.29) is 0 Å². The zero-order valence-corrected chi connectivity index (χ0v) is 11.9. The number of ether oxygens (including phenoxy) is 1. The molecule has 0 bridgehead atoms. The highest BCUT2D eigenvalue weighted by Crippen LogP contribution is 2.27. The first-order valence-electron chi connectivity index (χ1n) is 7.20. The Morgan fingerprint density at radius 2 is 2.06 bits per heavy atom. The second kappa shape index (κ2) is 8.06. The highest BCUT2D eigenvalue weighted by atomic mass is 16.5. The molecule has 1 N–H and O–H groups in total. The van der Waals surface area contributed by atoms with Crippen molar-refractivity contribution in [2.75, 3.05) is 39.4 Å². The lowest BCUT2D eigenvalue weighted by atomic mass is 10.0. The Hall–Kier alpha value is -0.120. The van der Waals surface area contributed by atoms with E-state index in [4.69, 9.17) is 4.74 Å². The Morgan fingerprint density at radius 3 is 2.71 bits per heavy atom. The first-order valence-corrected chi connectivity index (χ1v) is 7.20. The lowest BCUT2D eigenvalue weighted by Crippen LogP contribution is -2.42. The fourth-order valence-corrected chi connectivity index (χ4v) is 2.52. The summed E-state index contributed by atoms with van der Waals surface area (Å²) in [6.45, 7) is 13.3. The molecule has 1 heterocycles. The van der Waals surface area contributed by atoms with Crippen molar-refractivity contribution in [3.05, 3.63) is 0 Å². The molecule has 0 unspecified atom stereocenters. The molecule has 1 rings (SSSR count). The Morgan fingerprint density at radius 1 is 1.24 bits per heavy atom. The van der Waals surface area contributed by atoms with Crippen molar-refractivity contribution in [1.82, 2.24) is 10.2 Å². The van der Waals surface area contributed by atoms with E-state index in [0.29, 0.717) is 5.54 Å². The van der Waals surface area contributed by atoms with Crippen molar-refractivity contribution < 1.29 is 4.74 Å². The average Bonchev–Trinajstić information content (AvgIpc) is 2.62. The molecule has 1 saturated heterocycles. The molecule has 3 heteroatoms. The summed E-state index contributed by atoms with van der Waals surface area (Å²) < 4.78 is 5.31. The zero-order chi connectivity index (χ0) is 12.6. The normalized spacial score (nSPS) is 19.9. The molecule has 17 heavy (non-hydrogen) atoms. The van der Waals surface area contributed by atoms with E-state index in [1.807, 2.05) is 0 Å². The summed E-state index contributed by atoms with van der Waals surface area (Å²) in [7, 11) is 0. The van der Waals surface area contributed by atoms with E-state index in [1.54, 1.807) is 0 Å². The van der Waals surface area contributed by atoms with Gasteiger partial charge in [-0.15, -0.1) is 0 Å². The zero-order valence-electron chi connectivity index (χ0n) is 11.9. The molecule has 0 amide bonds. The first kappa shape index (κ1) is 14.9. The molecule has 0 saturated carbocycles.